The van der Waals surface area contributed by atoms with Crippen LogP contribution in [0.25, 0.3) is 0 Å². The molecule has 27 heteroatoms. The first-order valence-corrected chi connectivity index (χ1v) is 35.4. The van der Waals surface area contributed by atoms with E-state index >= 15 is 0 Å². The minimum absolute atomic E-state index is 0.0279. The van der Waals surface area contributed by atoms with E-state index in [9.17, 15) is 32.7 Å². The van der Waals surface area contributed by atoms with Crippen LogP contribution in [0.4, 0.5) is 9.59 Å². The Kier molecular flexibility index (Phi) is 21.6. The zero-order chi connectivity index (χ0) is 63.0. The number of carbonyl (C=O) groups excluding carboxylic acids is 2. The molecule has 6 aliphatic heterocycles. The quantitative estimate of drug-likeness (QED) is 0.0356. The zero-order valence-electron chi connectivity index (χ0n) is 51.0. The summed E-state index contributed by atoms with van der Waals surface area (Å²) < 4.78 is 71.6. The molecular formula is C64H82Cl2N14O9S2. The molecule has 6 fully saturated rings. The van der Waals surface area contributed by atoms with Crippen molar-refractivity contribution in [3.05, 3.63) is 116 Å². The highest BCUT2D eigenvalue weighted by molar-refractivity contribution is 7.89. The normalized spacial score (nSPS) is 26.3. The van der Waals surface area contributed by atoms with Gasteiger partial charge in [-0.25, -0.2) is 31.7 Å². The molecule has 12 rings (SSSR count). The highest BCUT2D eigenvalue weighted by Crippen LogP contribution is 2.46. The van der Waals surface area contributed by atoms with Crippen molar-refractivity contribution in [3.63, 3.8) is 0 Å². The second-order valence-electron chi connectivity index (χ2n) is 25.1. The molecule has 0 aromatic heterocycles. The molecule has 1 unspecified atom stereocenters. The molecule has 6 heterocycles. The molecule has 6 saturated heterocycles. The maximum Gasteiger partial charge on any atom is 0.314 e. The summed E-state index contributed by atoms with van der Waals surface area (Å²) in [4.78, 5) is 35.0. The molecule has 11 atom stereocenters. The standard InChI is InChI=1S/C64H82Cl2N14O9S2/c65-43-25-41(33-67)55-31-59(79-39-47-29-49(79)35-73-47)61(57(55)27-43)88-51-3-7-53(8-4-51)90(83)75-45-11-17-77(37-45)19-23-86-21-15-71-63(81)69-13-1-2-14-70-64(82)72-16-22-87-24-20-78-18-12-46(38-78)76-91(84,85)54-9-5-52(6-10-54)89-62-58-28-44(66)26-42(34-68)56(58)32-60(62)80-40-48-30-50(80)36-74-48/h3-10,25-28,45-50,59-62,73-76H,1-2,11-24,29-32,35-40H2,(H2,69,71,81)(H2,70,72,82)/t45-,46-,47-,48-,49-,50-,59-,60-,61-,62-,90?/m0/s1. The number of rotatable bonds is 29. The van der Waals surface area contributed by atoms with Crippen LogP contribution in [0.15, 0.2) is 82.6 Å². The minimum atomic E-state index is -3.80. The number of unbranched alkanes of at least 4 members (excludes halogenated alkanes) is 1. The third-order valence-electron chi connectivity index (χ3n) is 19.1. The summed E-state index contributed by atoms with van der Waals surface area (Å²) in [5.74, 6) is 1.22. The number of benzene rings is 4. The van der Waals surface area contributed by atoms with Crippen LogP contribution in [-0.4, -0.2) is 211 Å². The van der Waals surface area contributed by atoms with Gasteiger partial charge in [0.25, 0.3) is 0 Å². The Bertz CT molecular complexity index is 3460. The third kappa shape index (κ3) is 16.1. The molecule has 4 bridgehead atoms. The first kappa shape index (κ1) is 65.3. The van der Waals surface area contributed by atoms with Gasteiger partial charge >= 0.3 is 12.1 Å². The number of nitrogens with zero attached hydrogens (tertiary/aromatic N) is 6. The molecule has 91 heavy (non-hydrogen) atoms. The highest BCUT2D eigenvalue weighted by Gasteiger charge is 2.49. The van der Waals surface area contributed by atoms with Crippen LogP contribution in [0.2, 0.25) is 10.0 Å². The number of piperazine rings is 2. The van der Waals surface area contributed by atoms with Gasteiger partial charge in [-0.1, -0.05) is 23.2 Å². The number of nitriles is 2. The zero-order valence-corrected chi connectivity index (χ0v) is 54.2. The van der Waals surface area contributed by atoms with Crippen molar-refractivity contribution in [2.75, 3.05) is 118 Å². The minimum Gasteiger partial charge on any atom is -0.484 e. The van der Waals surface area contributed by atoms with Crippen LogP contribution in [0.1, 0.15) is 84.1 Å². The molecule has 4 aromatic carbocycles. The SMILES string of the molecule is N#Cc1cc(Cl)cc2c1C[C@H](N1C[C@@H]3C[C@H]1CN3)[C@H]2Oc1ccc(S(=O)N[C@H]2CCN(CCOCCNC(=O)NCCCCNC(=O)NCCOCCN3CC[C@H](NS(=O)(=O)c4ccc(O[C@H]5c6cc(Cl)cc(C#N)c6C[C@@H]5N5C[C@@H]6C[C@H]5CN6)cc4)C3)C2)cc1. The Morgan fingerprint density at radius 2 is 1.10 bits per heavy atom. The summed E-state index contributed by atoms with van der Waals surface area (Å²) in [5, 5.41) is 39.3. The summed E-state index contributed by atoms with van der Waals surface area (Å²) in [5.41, 5.74) is 5.01. The van der Waals surface area contributed by atoms with E-state index in [4.69, 9.17) is 42.1 Å². The summed E-state index contributed by atoms with van der Waals surface area (Å²) in [6, 6.07) is 27.1. The van der Waals surface area contributed by atoms with Crippen LogP contribution in [0, 0.1) is 22.7 Å². The van der Waals surface area contributed by atoms with Crippen LogP contribution < -0.4 is 50.8 Å². The van der Waals surface area contributed by atoms with E-state index in [-0.39, 0.29) is 53.3 Å². The Morgan fingerprint density at radius 1 is 0.626 bits per heavy atom. The van der Waals surface area contributed by atoms with Gasteiger partial charge in [0, 0.05) is 125 Å². The number of hydrogen-bond acceptors (Lipinski definition) is 17. The van der Waals surface area contributed by atoms with Crippen LogP contribution in [0.5, 0.6) is 11.5 Å². The number of sulfonamides is 1. The lowest BCUT2D eigenvalue weighted by atomic mass is 10.0. The first-order valence-electron chi connectivity index (χ1n) is 32.0. The Hall–Kier alpha value is -5.72. The first-order chi connectivity index (χ1) is 44.2. The number of carbonyl (C=O) groups is 2. The fourth-order valence-corrected chi connectivity index (χ4v) is 17.4. The second-order valence-corrected chi connectivity index (χ2v) is 28.9. The van der Waals surface area contributed by atoms with E-state index in [0.29, 0.717) is 153 Å². The number of fused-ring (bicyclic) bond motifs is 6. The maximum absolute atomic E-state index is 13.5. The number of ether oxygens (including phenoxy) is 4. The Labute approximate surface area is 545 Å². The molecule has 4 aromatic rings. The van der Waals surface area contributed by atoms with Crippen molar-refractivity contribution in [2.45, 2.75) is 122 Å². The molecule has 4 amide bonds. The maximum atomic E-state index is 13.5. The van der Waals surface area contributed by atoms with Gasteiger partial charge in [-0.05, 0) is 160 Å². The molecule has 8 aliphatic rings. The van der Waals surface area contributed by atoms with Crippen molar-refractivity contribution in [1.29, 1.82) is 10.5 Å². The largest absolute Gasteiger partial charge is 0.484 e. The number of hydrogen-bond donors (Lipinski definition) is 8. The van der Waals surface area contributed by atoms with E-state index in [2.05, 4.69) is 73.1 Å². The van der Waals surface area contributed by atoms with Gasteiger partial charge in [-0.3, -0.25) is 19.6 Å². The fraction of sp³-hybridized carbons (Fsp3) is 0.562. The average Bonchev–Trinajstić information content (AvgIpc) is 1.63. The lowest BCUT2D eigenvalue weighted by Crippen LogP contribution is -2.50. The summed E-state index contributed by atoms with van der Waals surface area (Å²) >= 11 is 13.0. The topological polar surface area (TPSA) is 279 Å². The van der Waals surface area contributed by atoms with Crippen LogP contribution in [-0.2, 0) is 43.3 Å². The van der Waals surface area contributed by atoms with Gasteiger partial charge < -0.3 is 50.8 Å². The van der Waals surface area contributed by atoms with Crippen molar-refractivity contribution in [1.82, 2.24) is 60.9 Å². The van der Waals surface area contributed by atoms with Crippen molar-refractivity contribution in [3.8, 4) is 23.6 Å². The fourth-order valence-electron chi connectivity index (χ4n) is 14.6. The molecule has 0 spiro atoms. The number of halogens is 2. The smallest absolute Gasteiger partial charge is 0.314 e. The number of likely N-dealkylation sites (tertiary alicyclic amines) is 4. The summed E-state index contributed by atoms with van der Waals surface area (Å²) in [6.45, 7) is 11.2. The number of urea groups is 2. The van der Waals surface area contributed by atoms with E-state index < -0.39 is 21.0 Å². The molecular weight excluding hydrogens is 1240 g/mol. The highest BCUT2D eigenvalue weighted by atomic mass is 35.5. The van der Waals surface area contributed by atoms with E-state index in [1.807, 2.05) is 36.4 Å². The van der Waals surface area contributed by atoms with Crippen LogP contribution in [0.3, 0.4) is 0 Å². The molecule has 2 aliphatic carbocycles. The summed E-state index contributed by atoms with van der Waals surface area (Å²) in [7, 11) is -5.21. The lowest BCUT2D eigenvalue weighted by Gasteiger charge is -2.36. The monoisotopic (exact) mass is 1320 g/mol. The van der Waals surface area contributed by atoms with Gasteiger partial charge in [0.15, 0.2) is 0 Å². The number of nitrogens with one attached hydrogen (secondary N) is 8. The average molecular weight is 1330 g/mol. The van der Waals surface area contributed by atoms with Gasteiger partial charge in [-0.15, -0.1) is 0 Å². The van der Waals surface area contributed by atoms with E-state index in [0.717, 1.165) is 100 Å². The van der Waals surface area contributed by atoms with Crippen molar-refractivity contribution < 1.29 is 41.2 Å². The van der Waals surface area contributed by atoms with Crippen molar-refractivity contribution >= 4 is 56.3 Å². The molecule has 0 saturated carbocycles. The van der Waals surface area contributed by atoms with Gasteiger partial charge in [0.05, 0.1) is 71.6 Å². The summed E-state index contributed by atoms with van der Waals surface area (Å²) in [6.07, 6.45) is 5.88. The second kappa shape index (κ2) is 30.1. The molecule has 0 radical (unpaired) electrons. The third-order valence-corrected chi connectivity index (χ3v) is 22.3. The van der Waals surface area contributed by atoms with E-state index in [1.54, 1.807) is 36.4 Å². The predicted octanol–water partition coefficient (Wildman–Crippen LogP) is 4.07. The molecule has 8 N–H and O–H groups in total. The Morgan fingerprint density at radius 3 is 1.57 bits per heavy atom. The number of amides is 4. The Balaban J connectivity index is 0.457. The van der Waals surface area contributed by atoms with E-state index in [1.165, 1.54) is 0 Å². The van der Waals surface area contributed by atoms with Crippen molar-refractivity contribution in [2.24, 2.45) is 0 Å². The van der Waals surface area contributed by atoms with Gasteiger partial charge in [-0.2, -0.15) is 10.5 Å². The predicted molar refractivity (Wildman–Crippen MR) is 344 cm³/mol. The lowest BCUT2D eigenvalue weighted by molar-refractivity contribution is 0.0614. The molecule has 488 valence electrons. The van der Waals surface area contributed by atoms with Crippen LogP contribution >= 0.6 is 23.2 Å². The van der Waals surface area contributed by atoms with Gasteiger partial charge in [0.1, 0.15) is 34.7 Å². The molecule has 23 nitrogen and oxygen atoms in total. The van der Waals surface area contributed by atoms with Gasteiger partial charge in [0.2, 0.25) is 10.0 Å².